The van der Waals surface area contributed by atoms with Crippen LogP contribution in [-0.4, -0.2) is 39.8 Å². The van der Waals surface area contributed by atoms with Crippen molar-refractivity contribution in [2.45, 2.75) is 32.6 Å². The highest BCUT2D eigenvalue weighted by atomic mass is 35.5. The number of rotatable bonds is 4. The maximum absolute atomic E-state index is 12.9. The molecule has 1 unspecified atom stereocenters. The summed E-state index contributed by atoms with van der Waals surface area (Å²) in [5.74, 6) is -0.209. The van der Waals surface area contributed by atoms with Crippen LogP contribution < -0.4 is 10.9 Å². The van der Waals surface area contributed by atoms with Gasteiger partial charge in [-0.3, -0.25) is 14.4 Å². The number of halogens is 1. The van der Waals surface area contributed by atoms with Crippen molar-refractivity contribution in [3.63, 3.8) is 0 Å². The van der Waals surface area contributed by atoms with Gasteiger partial charge in [0.15, 0.2) is 0 Å². The number of hydrogen-bond acceptors (Lipinski definition) is 4. The average Bonchev–Trinajstić information content (AvgIpc) is 2.68. The summed E-state index contributed by atoms with van der Waals surface area (Å²) in [6, 6.07) is 6.32. The molecule has 2 aromatic rings. The van der Waals surface area contributed by atoms with E-state index >= 15 is 0 Å². The number of nitrogens with one attached hydrogen (secondary N) is 2. The first-order chi connectivity index (χ1) is 13.3. The predicted molar refractivity (Wildman–Crippen MR) is 108 cm³/mol. The Balaban J connectivity index is 1.70. The van der Waals surface area contributed by atoms with Crippen LogP contribution in [0.2, 0.25) is 5.02 Å². The van der Waals surface area contributed by atoms with Gasteiger partial charge < -0.3 is 15.2 Å². The fourth-order valence-corrected chi connectivity index (χ4v) is 3.35. The molecule has 2 amide bonds. The smallest absolute Gasteiger partial charge is 0.254 e. The zero-order valence-electron chi connectivity index (χ0n) is 15.9. The number of aromatic amines is 1. The Morgan fingerprint density at radius 3 is 2.79 bits per heavy atom. The van der Waals surface area contributed by atoms with E-state index in [2.05, 4.69) is 15.3 Å². The minimum absolute atomic E-state index is 0.104. The number of aromatic nitrogens is 2. The van der Waals surface area contributed by atoms with Crippen LogP contribution in [0.1, 0.15) is 48.7 Å². The Kier molecular flexibility index (Phi) is 6.14. The van der Waals surface area contributed by atoms with Crippen molar-refractivity contribution < 1.29 is 9.59 Å². The Morgan fingerprint density at radius 1 is 1.32 bits per heavy atom. The van der Waals surface area contributed by atoms with Crippen LogP contribution in [0.15, 0.2) is 35.3 Å². The third-order valence-electron chi connectivity index (χ3n) is 4.79. The maximum atomic E-state index is 12.9. The molecule has 0 saturated carbocycles. The number of piperidine rings is 1. The van der Waals surface area contributed by atoms with Gasteiger partial charge in [-0.2, -0.15) is 0 Å². The molecule has 1 fully saturated rings. The summed E-state index contributed by atoms with van der Waals surface area (Å²) in [6.07, 6.45) is 2.88. The molecule has 1 saturated heterocycles. The van der Waals surface area contributed by atoms with Gasteiger partial charge in [0.05, 0.1) is 10.9 Å². The highest BCUT2D eigenvalue weighted by molar-refractivity contribution is 6.30. The summed E-state index contributed by atoms with van der Waals surface area (Å²) in [5, 5.41) is 3.26. The van der Waals surface area contributed by atoms with Crippen molar-refractivity contribution in [2.75, 3.05) is 18.4 Å². The molecule has 3 heterocycles. The zero-order chi connectivity index (χ0) is 20.3. The first-order valence-electron chi connectivity index (χ1n) is 9.29. The average molecular weight is 403 g/mol. The van der Waals surface area contributed by atoms with E-state index in [1.807, 2.05) is 13.8 Å². The summed E-state index contributed by atoms with van der Waals surface area (Å²) in [4.78, 5) is 45.8. The molecule has 0 bridgehead atoms. The van der Waals surface area contributed by atoms with Gasteiger partial charge in [-0.1, -0.05) is 25.4 Å². The van der Waals surface area contributed by atoms with E-state index in [0.717, 1.165) is 12.1 Å². The molecule has 28 heavy (non-hydrogen) atoms. The number of pyridine rings is 2. The summed E-state index contributed by atoms with van der Waals surface area (Å²) in [7, 11) is 0. The number of anilines is 1. The molecule has 0 aliphatic carbocycles. The lowest BCUT2D eigenvalue weighted by atomic mass is 9.96. The van der Waals surface area contributed by atoms with Gasteiger partial charge in [0, 0.05) is 36.6 Å². The largest absolute Gasteiger partial charge is 0.338 e. The lowest BCUT2D eigenvalue weighted by Crippen LogP contribution is -2.44. The monoisotopic (exact) mass is 402 g/mol. The first-order valence-corrected chi connectivity index (χ1v) is 9.67. The Morgan fingerprint density at radius 2 is 2.11 bits per heavy atom. The van der Waals surface area contributed by atoms with Crippen LogP contribution in [0.25, 0.3) is 0 Å². The minimum atomic E-state index is -0.332. The van der Waals surface area contributed by atoms with Crippen LogP contribution in [0, 0.1) is 5.92 Å². The second kappa shape index (κ2) is 8.56. The van der Waals surface area contributed by atoms with Gasteiger partial charge in [-0.25, -0.2) is 4.98 Å². The molecular formula is C20H23ClN4O3. The normalized spacial score (nSPS) is 16.9. The highest BCUT2D eigenvalue weighted by Crippen LogP contribution is 2.21. The van der Waals surface area contributed by atoms with E-state index in [1.54, 1.807) is 23.1 Å². The molecule has 0 radical (unpaired) electrons. The van der Waals surface area contributed by atoms with Crippen LogP contribution in [-0.2, 0) is 4.79 Å². The number of H-pyrrole nitrogens is 1. The van der Waals surface area contributed by atoms with Crippen molar-refractivity contribution in [3.05, 3.63) is 57.1 Å². The van der Waals surface area contributed by atoms with Crippen LogP contribution in [0.4, 0.5) is 5.82 Å². The lowest BCUT2D eigenvalue weighted by molar-refractivity contribution is -0.121. The molecule has 0 aromatic carbocycles. The molecule has 7 nitrogen and oxygen atoms in total. The quantitative estimate of drug-likeness (QED) is 0.821. The van der Waals surface area contributed by atoms with Gasteiger partial charge in [0.1, 0.15) is 5.82 Å². The SMILES string of the molecule is CC(C)c1cc(C(=O)N2CCCC(C(=O)Nc3ccc(Cl)cn3)C2)cc(=O)[nH]1. The molecule has 1 aliphatic rings. The van der Waals surface area contributed by atoms with E-state index in [4.69, 9.17) is 11.6 Å². The van der Waals surface area contributed by atoms with Crippen LogP contribution >= 0.6 is 11.6 Å². The molecule has 3 rings (SSSR count). The number of amides is 2. The summed E-state index contributed by atoms with van der Waals surface area (Å²) in [6.45, 7) is 4.77. The molecular weight excluding hydrogens is 380 g/mol. The predicted octanol–water partition coefficient (Wildman–Crippen LogP) is 3.04. The summed E-state index contributed by atoms with van der Waals surface area (Å²) >= 11 is 5.81. The molecule has 1 aliphatic heterocycles. The van der Waals surface area contributed by atoms with E-state index < -0.39 is 0 Å². The van der Waals surface area contributed by atoms with Gasteiger partial charge in [-0.05, 0) is 37.0 Å². The van der Waals surface area contributed by atoms with Crippen LogP contribution in [0.5, 0.6) is 0 Å². The number of nitrogens with zero attached hydrogens (tertiary/aromatic N) is 2. The molecule has 1 atom stereocenters. The maximum Gasteiger partial charge on any atom is 0.254 e. The van der Waals surface area contributed by atoms with E-state index in [-0.39, 0.29) is 29.2 Å². The third kappa shape index (κ3) is 4.78. The van der Waals surface area contributed by atoms with Crippen molar-refractivity contribution in [1.29, 1.82) is 0 Å². The van der Waals surface area contributed by atoms with Crippen molar-refractivity contribution in [3.8, 4) is 0 Å². The fourth-order valence-electron chi connectivity index (χ4n) is 3.24. The van der Waals surface area contributed by atoms with Crippen LogP contribution in [0.3, 0.4) is 0 Å². The standard InChI is InChI=1S/C20H23ClN4O3/c1-12(2)16-8-14(9-18(26)23-16)20(28)25-7-3-4-13(11-25)19(27)24-17-6-5-15(21)10-22-17/h5-6,8-10,12-13H,3-4,7,11H2,1-2H3,(H,23,26)(H,22,24,27). The number of likely N-dealkylation sites (tertiary alicyclic amines) is 1. The van der Waals surface area contributed by atoms with E-state index in [0.29, 0.717) is 35.9 Å². The fraction of sp³-hybridized carbons (Fsp3) is 0.400. The Bertz CT molecular complexity index is 924. The summed E-state index contributed by atoms with van der Waals surface area (Å²) in [5.41, 5.74) is 0.776. The van der Waals surface area contributed by atoms with Crippen molar-refractivity contribution in [2.24, 2.45) is 5.92 Å². The van der Waals surface area contributed by atoms with Gasteiger partial charge >= 0.3 is 0 Å². The van der Waals surface area contributed by atoms with Crippen molar-refractivity contribution >= 4 is 29.2 Å². The molecule has 2 N–H and O–H groups in total. The number of carbonyl (C=O) groups is 2. The first kappa shape index (κ1) is 20.1. The molecule has 148 valence electrons. The topological polar surface area (TPSA) is 95.2 Å². The number of carbonyl (C=O) groups excluding carboxylic acids is 2. The van der Waals surface area contributed by atoms with Gasteiger partial charge in [-0.15, -0.1) is 0 Å². The lowest BCUT2D eigenvalue weighted by Gasteiger charge is -2.32. The molecule has 2 aromatic heterocycles. The minimum Gasteiger partial charge on any atom is -0.338 e. The molecule has 0 spiro atoms. The van der Waals surface area contributed by atoms with Gasteiger partial charge in [0.25, 0.3) is 5.91 Å². The Labute approximate surface area is 168 Å². The van der Waals surface area contributed by atoms with Crippen molar-refractivity contribution in [1.82, 2.24) is 14.9 Å². The van der Waals surface area contributed by atoms with E-state index in [1.165, 1.54) is 12.3 Å². The highest BCUT2D eigenvalue weighted by Gasteiger charge is 2.29. The van der Waals surface area contributed by atoms with E-state index in [9.17, 15) is 14.4 Å². The number of hydrogen-bond donors (Lipinski definition) is 2. The zero-order valence-corrected chi connectivity index (χ0v) is 16.6. The second-order valence-electron chi connectivity index (χ2n) is 7.28. The summed E-state index contributed by atoms with van der Waals surface area (Å²) < 4.78 is 0. The Hall–Kier alpha value is -2.67. The third-order valence-corrected chi connectivity index (χ3v) is 5.02. The second-order valence-corrected chi connectivity index (χ2v) is 7.72. The van der Waals surface area contributed by atoms with Gasteiger partial charge in [0.2, 0.25) is 11.5 Å². The molecule has 8 heteroatoms.